The molecule has 0 aromatic rings. The molecule has 72 valence electrons. The van der Waals surface area contributed by atoms with Crippen LogP contribution in [-0.4, -0.2) is 37.7 Å². The highest BCUT2D eigenvalue weighted by Crippen LogP contribution is 2.21. The highest BCUT2D eigenvalue weighted by Gasteiger charge is 2.26. The molecule has 0 aliphatic carbocycles. The molecule has 0 aromatic heterocycles. The van der Waals surface area contributed by atoms with Gasteiger partial charge in [0.15, 0.2) is 0 Å². The van der Waals surface area contributed by atoms with Gasteiger partial charge < -0.3 is 10.2 Å². The first-order chi connectivity index (χ1) is 5.66. The number of piperidine rings is 1. The third-order valence-electron chi connectivity index (χ3n) is 3.23. The Labute approximate surface area is 76.3 Å². The van der Waals surface area contributed by atoms with Crippen LogP contribution in [0.2, 0.25) is 0 Å². The zero-order valence-corrected chi connectivity index (χ0v) is 8.55. The molecule has 1 heterocycles. The first-order valence-corrected chi connectivity index (χ1v) is 5.20. The van der Waals surface area contributed by atoms with Crippen molar-refractivity contribution in [2.24, 2.45) is 11.7 Å². The van der Waals surface area contributed by atoms with Crippen LogP contribution in [0.25, 0.3) is 0 Å². The van der Waals surface area contributed by atoms with E-state index in [0.29, 0.717) is 0 Å². The summed E-state index contributed by atoms with van der Waals surface area (Å²) in [6.45, 7) is 7.22. The van der Waals surface area contributed by atoms with E-state index < -0.39 is 0 Å². The molecule has 0 spiro atoms. The maximum absolute atomic E-state index is 5.52. The molecule has 0 saturated carbocycles. The van der Waals surface area contributed by atoms with Gasteiger partial charge in [-0.1, -0.05) is 6.92 Å². The van der Waals surface area contributed by atoms with Gasteiger partial charge in [-0.3, -0.25) is 0 Å². The fourth-order valence-electron chi connectivity index (χ4n) is 2.02. The number of hydrogen-bond acceptors (Lipinski definition) is 1. The summed E-state index contributed by atoms with van der Waals surface area (Å²) in [5.41, 5.74) is 5.52. The molecule has 12 heavy (non-hydrogen) atoms. The molecule has 1 fully saturated rings. The second-order valence-corrected chi connectivity index (χ2v) is 4.62. The van der Waals surface area contributed by atoms with Crippen molar-refractivity contribution in [1.29, 1.82) is 0 Å². The summed E-state index contributed by atoms with van der Waals surface area (Å²) in [5, 5.41) is 0. The van der Waals surface area contributed by atoms with Gasteiger partial charge in [0.2, 0.25) is 0 Å². The van der Waals surface area contributed by atoms with Gasteiger partial charge in [-0.25, -0.2) is 0 Å². The first-order valence-electron chi connectivity index (χ1n) is 5.20. The monoisotopic (exact) mass is 171 g/mol. The Hall–Kier alpha value is -0.0800. The summed E-state index contributed by atoms with van der Waals surface area (Å²) in [7, 11) is 2.38. The van der Waals surface area contributed by atoms with Crippen molar-refractivity contribution < 1.29 is 4.48 Å². The Balaban J connectivity index is 2.29. The highest BCUT2D eigenvalue weighted by atomic mass is 15.3. The fourth-order valence-corrected chi connectivity index (χ4v) is 2.02. The minimum Gasteiger partial charge on any atom is -0.330 e. The second kappa shape index (κ2) is 4.24. The van der Waals surface area contributed by atoms with Gasteiger partial charge in [-0.2, -0.15) is 0 Å². The summed E-state index contributed by atoms with van der Waals surface area (Å²) in [5.74, 6) is 0.953. The maximum atomic E-state index is 5.52. The van der Waals surface area contributed by atoms with Crippen molar-refractivity contribution in [3.8, 4) is 0 Å². The fraction of sp³-hybridized carbons (Fsp3) is 1.00. The standard InChI is InChI=1S/C10H23N2/c1-10-4-8-12(2,9-5-10)7-3-6-11/h10H,3-9,11H2,1-2H3/q+1. The Morgan fingerprint density at radius 3 is 2.42 bits per heavy atom. The van der Waals surface area contributed by atoms with E-state index in [1.54, 1.807) is 0 Å². The van der Waals surface area contributed by atoms with Gasteiger partial charge in [-0.15, -0.1) is 0 Å². The number of rotatable bonds is 3. The molecule has 0 amide bonds. The van der Waals surface area contributed by atoms with Crippen LogP contribution in [0.15, 0.2) is 0 Å². The molecule has 1 aliphatic heterocycles. The zero-order valence-electron chi connectivity index (χ0n) is 8.55. The van der Waals surface area contributed by atoms with Gasteiger partial charge in [0.25, 0.3) is 0 Å². The maximum Gasteiger partial charge on any atom is 0.0796 e. The lowest BCUT2D eigenvalue weighted by Gasteiger charge is -2.39. The minimum absolute atomic E-state index is 0.851. The number of nitrogens with two attached hydrogens (primary N) is 1. The van der Waals surface area contributed by atoms with Crippen molar-refractivity contribution in [3.05, 3.63) is 0 Å². The predicted molar refractivity (Wildman–Crippen MR) is 52.9 cm³/mol. The summed E-state index contributed by atoms with van der Waals surface area (Å²) < 4.78 is 1.27. The number of likely N-dealkylation sites (tertiary alicyclic amines) is 1. The minimum atomic E-state index is 0.851. The van der Waals surface area contributed by atoms with Crippen LogP contribution in [0.5, 0.6) is 0 Å². The van der Waals surface area contributed by atoms with Gasteiger partial charge in [0, 0.05) is 6.42 Å². The van der Waals surface area contributed by atoms with E-state index in [1.165, 1.54) is 43.4 Å². The van der Waals surface area contributed by atoms with E-state index in [1.807, 2.05) is 0 Å². The molecule has 2 nitrogen and oxygen atoms in total. The zero-order chi connectivity index (χ0) is 9.03. The molecule has 2 N–H and O–H groups in total. The van der Waals surface area contributed by atoms with E-state index in [9.17, 15) is 0 Å². The van der Waals surface area contributed by atoms with Crippen LogP contribution in [-0.2, 0) is 0 Å². The van der Waals surface area contributed by atoms with Crippen molar-refractivity contribution in [1.82, 2.24) is 0 Å². The van der Waals surface area contributed by atoms with E-state index in [-0.39, 0.29) is 0 Å². The molecule has 1 aliphatic rings. The summed E-state index contributed by atoms with van der Waals surface area (Å²) >= 11 is 0. The van der Waals surface area contributed by atoms with Crippen LogP contribution in [0.3, 0.4) is 0 Å². The molecule has 0 bridgehead atoms. The lowest BCUT2D eigenvalue weighted by atomic mass is 9.97. The van der Waals surface area contributed by atoms with E-state index in [2.05, 4.69) is 14.0 Å². The second-order valence-electron chi connectivity index (χ2n) is 4.62. The van der Waals surface area contributed by atoms with Crippen LogP contribution in [0.4, 0.5) is 0 Å². The average molecular weight is 171 g/mol. The van der Waals surface area contributed by atoms with Crippen LogP contribution >= 0.6 is 0 Å². The number of nitrogens with zero attached hydrogens (tertiary/aromatic N) is 1. The first kappa shape index (κ1) is 10.0. The van der Waals surface area contributed by atoms with Crippen molar-refractivity contribution in [2.45, 2.75) is 26.2 Å². The van der Waals surface area contributed by atoms with Gasteiger partial charge in [-0.05, 0) is 25.3 Å². The third kappa shape index (κ3) is 2.76. The van der Waals surface area contributed by atoms with Gasteiger partial charge >= 0.3 is 0 Å². The van der Waals surface area contributed by atoms with Crippen molar-refractivity contribution in [3.63, 3.8) is 0 Å². The van der Waals surface area contributed by atoms with E-state index >= 15 is 0 Å². The van der Waals surface area contributed by atoms with Crippen molar-refractivity contribution >= 4 is 0 Å². The molecule has 0 atom stereocenters. The number of hydrogen-bond donors (Lipinski definition) is 1. The molecule has 2 heteroatoms. The van der Waals surface area contributed by atoms with Crippen molar-refractivity contribution in [2.75, 3.05) is 33.2 Å². The number of quaternary nitrogens is 1. The topological polar surface area (TPSA) is 26.0 Å². The smallest absolute Gasteiger partial charge is 0.0796 e. The molecular formula is C10H23N2+. The molecule has 0 unspecified atom stereocenters. The van der Waals surface area contributed by atoms with E-state index in [0.717, 1.165) is 12.5 Å². The Kier molecular flexibility index (Phi) is 3.53. The van der Waals surface area contributed by atoms with Crippen LogP contribution < -0.4 is 5.73 Å². The largest absolute Gasteiger partial charge is 0.330 e. The van der Waals surface area contributed by atoms with E-state index in [4.69, 9.17) is 5.73 Å². The Bertz CT molecular complexity index is 120. The SMILES string of the molecule is CC1CC[N+](C)(CCCN)CC1. The van der Waals surface area contributed by atoms with Crippen LogP contribution in [0, 0.1) is 5.92 Å². The van der Waals surface area contributed by atoms with Crippen LogP contribution in [0.1, 0.15) is 26.2 Å². The summed E-state index contributed by atoms with van der Waals surface area (Å²) in [4.78, 5) is 0. The Morgan fingerprint density at radius 1 is 1.33 bits per heavy atom. The molecule has 1 rings (SSSR count). The molecule has 0 radical (unpaired) electrons. The quantitative estimate of drug-likeness (QED) is 0.635. The summed E-state index contributed by atoms with van der Waals surface area (Å²) in [6.07, 6.45) is 3.99. The highest BCUT2D eigenvalue weighted by molar-refractivity contribution is 4.59. The predicted octanol–water partition coefficient (Wildman–Crippen LogP) is 1.21. The van der Waals surface area contributed by atoms with Gasteiger partial charge in [0.05, 0.1) is 26.7 Å². The lowest BCUT2D eigenvalue weighted by molar-refractivity contribution is -0.915. The molecule has 1 saturated heterocycles. The molecular weight excluding hydrogens is 148 g/mol. The summed E-state index contributed by atoms with van der Waals surface area (Å²) in [6, 6.07) is 0. The molecule has 0 aromatic carbocycles. The van der Waals surface area contributed by atoms with Gasteiger partial charge in [0.1, 0.15) is 0 Å². The normalized spacial score (nSPS) is 36.8. The average Bonchev–Trinajstić information content (AvgIpc) is 2.08. The lowest BCUT2D eigenvalue weighted by Crippen LogP contribution is -2.50. The Morgan fingerprint density at radius 2 is 1.92 bits per heavy atom. The third-order valence-corrected chi connectivity index (χ3v) is 3.23.